The topological polar surface area (TPSA) is 202 Å². The van der Waals surface area contributed by atoms with E-state index in [9.17, 15) is 19.5 Å². The van der Waals surface area contributed by atoms with Crippen LogP contribution in [0.3, 0.4) is 0 Å². The minimum absolute atomic E-state index is 0.0305. The zero-order valence-electron chi connectivity index (χ0n) is 17.2. The lowest BCUT2D eigenvalue weighted by molar-refractivity contribution is -0.139. The van der Waals surface area contributed by atoms with Crippen molar-refractivity contribution in [3.8, 4) is 0 Å². The summed E-state index contributed by atoms with van der Waals surface area (Å²) >= 11 is 0. The van der Waals surface area contributed by atoms with Gasteiger partial charge in [-0.15, -0.1) is 0 Å². The molecular formula is C20H24N8O4. The van der Waals surface area contributed by atoms with Gasteiger partial charge in [0, 0.05) is 11.3 Å². The normalized spacial score (nSPS) is 11.8. The number of aromatic nitrogens is 4. The van der Waals surface area contributed by atoms with Gasteiger partial charge in [0.2, 0.25) is 5.95 Å². The first-order valence-electron chi connectivity index (χ1n) is 9.96. The molecule has 8 N–H and O–H groups in total. The predicted octanol–water partition coefficient (Wildman–Crippen LogP) is 0.219. The lowest BCUT2D eigenvalue weighted by atomic mass is 10.1. The standard InChI is InChI=1S/C20H24N8O4/c21-8-2-1-3-14(19(31)32)26-17(29)11-4-6-12(7-5-11)23-9-13-10-24-16-15(25-13)18(30)28-20(22)27-16/h4-7,10,14,23H,1-3,8-9,21H2,(H,26,29)(H,31,32)(H3,22,24,27,28,30). The summed E-state index contributed by atoms with van der Waals surface area (Å²) in [6.45, 7) is 0.752. The molecule has 0 aliphatic heterocycles. The average Bonchev–Trinajstić information content (AvgIpc) is 2.77. The van der Waals surface area contributed by atoms with Gasteiger partial charge in [-0.05, 0) is 50.1 Å². The van der Waals surface area contributed by atoms with E-state index in [0.717, 1.165) is 0 Å². The molecule has 3 aromatic rings. The van der Waals surface area contributed by atoms with Gasteiger partial charge in [0.1, 0.15) is 6.04 Å². The zero-order chi connectivity index (χ0) is 23.1. The third-order valence-corrected chi connectivity index (χ3v) is 4.66. The summed E-state index contributed by atoms with van der Waals surface area (Å²) in [6, 6.07) is 5.57. The number of aliphatic carboxylic acids is 1. The van der Waals surface area contributed by atoms with Crippen LogP contribution in [0.5, 0.6) is 0 Å². The van der Waals surface area contributed by atoms with Crippen molar-refractivity contribution in [2.45, 2.75) is 31.8 Å². The molecule has 2 aromatic heterocycles. The second-order valence-electron chi connectivity index (χ2n) is 7.06. The third-order valence-electron chi connectivity index (χ3n) is 4.66. The SMILES string of the molecule is NCCCCC(NC(=O)c1ccc(NCc2cnc3nc(N)[nH]c(=O)c3n2)cc1)C(=O)O. The Hall–Kier alpha value is -4.06. The molecule has 0 fully saturated rings. The largest absolute Gasteiger partial charge is 0.480 e. The van der Waals surface area contributed by atoms with Crippen molar-refractivity contribution in [2.75, 3.05) is 17.6 Å². The van der Waals surface area contributed by atoms with Gasteiger partial charge in [-0.25, -0.2) is 14.8 Å². The summed E-state index contributed by atoms with van der Waals surface area (Å²) in [6.07, 6.45) is 3.11. The van der Waals surface area contributed by atoms with Crippen LogP contribution in [0.15, 0.2) is 35.3 Å². The van der Waals surface area contributed by atoms with Gasteiger partial charge in [0.15, 0.2) is 11.2 Å². The Morgan fingerprint density at radius 2 is 1.91 bits per heavy atom. The van der Waals surface area contributed by atoms with Crippen molar-refractivity contribution in [1.82, 2.24) is 25.3 Å². The van der Waals surface area contributed by atoms with Crippen LogP contribution >= 0.6 is 0 Å². The Labute approximate surface area is 182 Å². The molecule has 12 heteroatoms. The number of carbonyl (C=O) groups excluding carboxylic acids is 1. The van der Waals surface area contributed by atoms with E-state index < -0.39 is 23.5 Å². The fourth-order valence-electron chi connectivity index (χ4n) is 2.98. The molecular weight excluding hydrogens is 416 g/mol. The number of hydrogen-bond donors (Lipinski definition) is 6. The Bertz CT molecular complexity index is 1160. The number of amides is 1. The van der Waals surface area contributed by atoms with Crippen LogP contribution in [0.2, 0.25) is 0 Å². The first kappa shape index (κ1) is 22.6. The van der Waals surface area contributed by atoms with Gasteiger partial charge < -0.3 is 27.2 Å². The van der Waals surface area contributed by atoms with E-state index in [2.05, 4.69) is 30.6 Å². The monoisotopic (exact) mass is 440 g/mol. The number of carboxylic acid groups (broad SMARTS) is 1. The number of nitrogen functional groups attached to an aromatic ring is 1. The van der Waals surface area contributed by atoms with Gasteiger partial charge in [-0.1, -0.05) is 0 Å². The first-order valence-corrected chi connectivity index (χ1v) is 9.96. The lowest BCUT2D eigenvalue weighted by Gasteiger charge is -2.14. The second kappa shape index (κ2) is 10.3. The summed E-state index contributed by atoms with van der Waals surface area (Å²) in [5.74, 6) is -1.58. The number of fused-ring (bicyclic) bond motifs is 1. The number of anilines is 2. The van der Waals surface area contributed by atoms with Crippen LogP contribution in [-0.2, 0) is 11.3 Å². The van der Waals surface area contributed by atoms with Crippen molar-refractivity contribution in [2.24, 2.45) is 5.73 Å². The third kappa shape index (κ3) is 5.76. The highest BCUT2D eigenvalue weighted by Gasteiger charge is 2.20. The fourth-order valence-corrected chi connectivity index (χ4v) is 2.98. The van der Waals surface area contributed by atoms with Crippen molar-refractivity contribution >= 4 is 34.7 Å². The molecule has 3 rings (SSSR count). The van der Waals surface area contributed by atoms with Crippen LogP contribution < -0.4 is 27.7 Å². The molecule has 0 aliphatic carbocycles. The van der Waals surface area contributed by atoms with E-state index in [1.807, 2.05) is 0 Å². The Morgan fingerprint density at radius 3 is 2.59 bits per heavy atom. The smallest absolute Gasteiger partial charge is 0.326 e. The number of aromatic amines is 1. The Balaban J connectivity index is 1.60. The summed E-state index contributed by atoms with van der Waals surface area (Å²) in [5.41, 5.74) is 12.2. The fraction of sp³-hybridized carbons (Fsp3) is 0.300. The van der Waals surface area contributed by atoms with Gasteiger partial charge in [-0.3, -0.25) is 14.6 Å². The summed E-state index contributed by atoms with van der Waals surface area (Å²) in [4.78, 5) is 50.3. The molecule has 0 spiro atoms. The van der Waals surface area contributed by atoms with Gasteiger partial charge >= 0.3 is 5.97 Å². The molecule has 12 nitrogen and oxygen atoms in total. The number of unbranched alkanes of at least 4 members (excludes halogenated alkanes) is 1. The predicted molar refractivity (Wildman–Crippen MR) is 118 cm³/mol. The second-order valence-corrected chi connectivity index (χ2v) is 7.06. The number of carboxylic acids is 1. The van der Waals surface area contributed by atoms with Gasteiger partial charge in [-0.2, -0.15) is 4.98 Å². The van der Waals surface area contributed by atoms with Gasteiger partial charge in [0.05, 0.1) is 18.4 Å². The maximum Gasteiger partial charge on any atom is 0.326 e. The summed E-state index contributed by atoms with van der Waals surface area (Å²) < 4.78 is 0. The number of nitrogens with zero attached hydrogens (tertiary/aromatic N) is 3. The molecule has 1 unspecified atom stereocenters. The van der Waals surface area contributed by atoms with E-state index >= 15 is 0 Å². The van der Waals surface area contributed by atoms with Crippen molar-refractivity contribution in [1.29, 1.82) is 0 Å². The number of H-pyrrole nitrogens is 1. The lowest BCUT2D eigenvalue weighted by Crippen LogP contribution is -2.40. The van der Waals surface area contributed by atoms with Crippen LogP contribution in [0, 0.1) is 0 Å². The van der Waals surface area contributed by atoms with Crippen LogP contribution in [0.1, 0.15) is 35.3 Å². The number of hydrogen-bond acceptors (Lipinski definition) is 9. The first-order chi connectivity index (χ1) is 15.4. The molecule has 1 atom stereocenters. The highest BCUT2D eigenvalue weighted by atomic mass is 16.4. The molecule has 168 valence electrons. The number of nitrogens with two attached hydrogens (primary N) is 2. The van der Waals surface area contributed by atoms with E-state index in [1.54, 1.807) is 24.3 Å². The van der Waals surface area contributed by atoms with E-state index in [-0.39, 0.29) is 23.7 Å². The number of rotatable bonds is 10. The number of carbonyl (C=O) groups is 2. The van der Waals surface area contributed by atoms with Crippen molar-refractivity contribution in [3.63, 3.8) is 0 Å². The minimum Gasteiger partial charge on any atom is -0.480 e. The Kier molecular flexibility index (Phi) is 7.29. The molecule has 1 aromatic carbocycles. The molecule has 32 heavy (non-hydrogen) atoms. The maximum absolute atomic E-state index is 12.4. The van der Waals surface area contributed by atoms with Crippen molar-refractivity contribution in [3.05, 3.63) is 52.1 Å². The molecule has 0 saturated carbocycles. The summed E-state index contributed by atoms with van der Waals surface area (Å²) in [7, 11) is 0. The number of nitrogens with one attached hydrogen (secondary N) is 3. The molecule has 0 radical (unpaired) electrons. The van der Waals surface area contributed by atoms with E-state index in [0.29, 0.717) is 42.8 Å². The average molecular weight is 440 g/mol. The highest BCUT2D eigenvalue weighted by Crippen LogP contribution is 2.12. The highest BCUT2D eigenvalue weighted by molar-refractivity contribution is 5.96. The van der Waals surface area contributed by atoms with Crippen LogP contribution in [0.4, 0.5) is 11.6 Å². The van der Waals surface area contributed by atoms with Crippen LogP contribution in [0.25, 0.3) is 11.2 Å². The molecule has 1 amide bonds. The van der Waals surface area contributed by atoms with Gasteiger partial charge in [0.25, 0.3) is 11.5 Å². The van der Waals surface area contributed by atoms with Crippen molar-refractivity contribution < 1.29 is 14.7 Å². The maximum atomic E-state index is 12.4. The molecule has 0 aliphatic rings. The zero-order valence-corrected chi connectivity index (χ0v) is 17.2. The number of benzene rings is 1. The quantitative estimate of drug-likeness (QED) is 0.237. The molecule has 0 saturated heterocycles. The van der Waals surface area contributed by atoms with E-state index in [4.69, 9.17) is 11.5 Å². The molecule has 2 heterocycles. The molecule has 0 bridgehead atoms. The summed E-state index contributed by atoms with van der Waals surface area (Å²) in [5, 5.41) is 14.9. The van der Waals surface area contributed by atoms with E-state index in [1.165, 1.54) is 6.20 Å². The minimum atomic E-state index is -1.08. The Morgan fingerprint density at radius 1 is 1.16 bits per heavy atom. The van der Waals surface area contributed by atoms with Crippen LogP contribution in [-0.4, -0.2) is 49.5 Å².